The molecule has 1 amide bonds. The molecule has 2 N–H and O–H groups in total. The van der Waals surface area contributed by atoms with E-state index in [2.05, 4.69) is 0 Å². The first kappa shape index (κ1) is 23.1. The lowest BCUT2D eigenvalue weighted by molar-refractivity contribution is -0.137. The number of nitrogens with zero attached hydrogens (tertiary/aromatic N) is 1. The summed E-state index contributed by atoms with van der Waals surface area (Å²) in [5, 5.41) is 21.2. The number of phenols is 1. The number of hydrogen-bond donors (Lipinski definition) is 2. The van der Waals surface area contributed by atoms with Crippen LogP contribution in [0.5, 0.6) is 5.75 Å². The molecule has 3 aromatic rings. The van der Waals surface area contributed by atoms with Crippen LogP contribution in [-0.2, 0) is 15.8 Å². The van der Waals surface area contributed by atoms with E-state index in [0.29, 0.717) is 16.7 Å². The summed E-state index contributed by atoms with van der Waals surface area (Å²) in [6.07, 6.45) is -4.57. The summed E-state index contributed by atoms with van der Waals surface area (Å²) in [6, 6.07) is 13.8. The van der Waals surface area contributed by atoms with E-state index in [1.807, 2.05) is 13.0 Å². The molecule has 0 spiro atoms. The van der Waals surface area contributed by atoms with Crippen LogP contribution in [0.25, 0.3) is 5.76 Å². The second-order valence-corrected chi connectivity index (χ2v) is 8.13. The molecule has 0 aliphatic carbocycles. The number of amides is 1. The van der Waals surface area contributed by atoms with Gasteiger partial charge in [-0.15, -0.1) is 0 Å². The molecule has 34 heavy (non-hydrogen) atoms. The van der Waals surface area contributed by atoms with Crippen molar-refractivity contribution in [2.45, 2.75) is 26.1 Å². The number of halogens is 3. The van der Waals surface area contributed by atoms with Crippen molar-refractivity contribution in [3.8, 4) is 5.75 Å². The first-order valence-corrected chi connectivity index (χ1v) is 10.3. The fraction of sp³-hybridized carbons (Fsp3) is 0.154. The number of aliphatic hydroxyl groups excluding tert-OH is 1. The van der Waals surface area contributed by atoms with Gasteiger partial charge >= 0.3 is 6.18 Å². The van der Waals surface area contributed by atoms with Crippen molar-refractivity contribution in [1.82, 2.24) is 0 Å². The molecular formula is C26H20F3NO4. The van der Waals surface area contributed by atoms with Crippen molar-refractivity contribution < 1.29 is 33.0 Å². The van der Waals surface area contributed by atoms with Gasteiger partial charge in [-0.2, -0.15) is 13.2 Å². The van der Waals surface area contributed by atoms with Crippen molar-refractivity contribution >= 4 is 23.1 Å². The number of rotatable bonds is 3. The molecule has 4 rings (SSSR count). The maximum atomic E-state index is 13.1. The van der Waals surface area contributed by atoms with Gasteiger partial charge in [0.15, 0.2) is 0 Å². The predicted molar refractivity (Wildman–Crippen MR) is 120 cm³/mol. The normalized spacial score (nSPS) is 17.9. The summed E-state index contributed by atoms with van der Waals surface area (Å²) >= 11 is 0. The number of benzene rings is 3. The lowest BCUT2D eigenvalue weighted by Gasteiger charge is -2.26. The van der Waals surface area contributed by atoms with Crippen LogP contribution >= 0.6 is 0 Å². The molecule has 1 heterocycles. The second kappa shape index (κ2) is 8.37. The van der Waals surface area contributed by atoms with Crippen molar-refractivity contribution in [1.29, 1.82) is 0 Å². The monoisotopic (exact) mass is 467 g/mol. The van der Waals surface area contributed by atoms with Gasteiger partial charge in [-0.1, -0.05) is 29.8 Å². The quantitative estimate of drug-likeness (QED) is 0.296. The van der Waals surface area contributed by atoms with Gasteiger partial charge < -0.3 is 10.2 Å². The van der Waals surface area contributed by atoms with Crippen molar-refractivity contribution in [2.24, 2.45) is 0 Å². The maximum absolute atomic E-state index is 13.1. The fourth-order valence-electron chi connectivity index (χ4n) is 4.06. The number of carbonyl (C=O) groups excluding carboxylic acids is 2. The topological polar surface area (TPSA) is 77.8 Å². The summed E-state index contributed by atoms with van der Waals surface area (Å²) in [4.78, 5) is 27.3. The first-order valence-electron chi connectivity index (χ1n) is 10.3. The average molecular weight is 467 g/mol. The molecule has 0 bridgehead atoms. The third kappa shape index (κ3) is 4.03. The summed E-state index contributed by atoms with van der Waals surface area (Å²) < 4.78 is 39.1. The molecule has 1 saturated heterocycles. The van der Waals surface area contributed by atoms with Gasteiger partial charge in [-0.05, 0) is 67.4 Å². The lowest BCUT2D eigenvalue weighted by Crippen LogP contribution is -2.29. The number of hydrogen-bond acceptors (Lipinski definition) is 4. The van der Waals surface area contributed by atoms with E-state index in [1.165, 1.54) is 18.2 Å². The summed E-state index contributed by atoms with van der Waals surface area (Å²) in [5.74, 6) is -2.52. The van der Waals surface area contributed by atoms with Crippen molar-refractivity contribution in [3.05, 3.63) is 100 Å². The van der Waals surface area contributed by atoms with Crippen LogP contribution in [0, 0.1) is 13.8 Å². The van der Waals surface area contributed by atoms with Crippen LogP contribution in [-0.4, -0.2) is 21.9 Å². The number of aryl methyl sites for hydroxylation is 2. The van der Waals surface area contributed by atoms with E-state index in [4.69, 9.17) is 0 Å². The number of aliphatic hydroxyl groups is 1. The Balaban J connectivity index is 1.94. The van der Waals surface area contributed by atoms with Gasteiger partial charge in [-0.3, -0.25) is 14.5 Å². The van der Waals surface area contributed by atoms with Crippen molar-refractivity contribution in [2.75, 3.05) is 4.90 Å². The van der Waals surface area contributed by atoms with Gasteiger partial charge in [0.1, 0.15) is 11.5 Å². The van der Waals surface area contributed by atoms with Gasteiger partial charge in [0.2, 0.25) is 0 Å². The summed E-state index contributed by atoms with van der Waals surface area (Å²) in [5.41, 5.74) is 1.07. The number of phenolic OH excluding ortho intramolecular Hbond substituents is 1. The highest BCUT2D eigenvalue weighted by Gasteiger charge is 2.47. The molecule has 1 unspecified atom stereocenters. The highest BCUT2D eigenvalue weighted by Crippen LogP contribution is 2.43. The number of Topliss-reactive ketones (excluding diaryl/α,β-unsaturated/α-hetero) is 1. The van der Waals surface area contributed by atoms with E-state index < -0.39 is 35.2 Å². The van der Waals surface area contributed by atoms with E-state index in [1.54, 1.807) is 25.1 Å². The van der Waals surface area contributed by atoms with Crippen LogP contribution in [0.4, 0.5) is 18.9 Å². The minimum absolute atomic E-state index is 0.0449. The predicted octanol–water partition coefficient (Wildman–Crippen LogP) is 5.65. The summed E-state index contributed by atoms with van der Waals surface area (Å²) in [6.45, 7) is 3.55. The molecule has 1 fully saturated rings. The molecule has 174 valence electrons. The van der Waals surface area contributed by atoms with E-state index in [0.717, 1.165) is 34.7 Å². The van der Waals surface area contributed by atoms with Gasteiger partial charge in [0.25, 0.3) is 11.7 Å². The highest BCUT2D eigenvalue weighted by molar-refractivity contribution is 6.51. The Morgan fingerprint density at radius 2 is 1.62 bits per heavy atom. The van der Waals surface area contributed by atoms with Gasteiger partial charge in [0.05, 0.1) is 17.2 Å². The minimum atomic E-state index is -4.57. The standard InChI is InChI=1S/C26H20F3NO4/c1-14-6-7-15(2)20(12-14)23(32)21-22(16-4-3-5-19(31)13-16)30(25(34)24(21)33)18-10-8-17(9-11-18)26(27,28)29/h3-13,22,31-32H,1-2H3/b23-21+. The number of ketones is 1. The minimum Gasteiger partial charge on any atom is -0.508 e. The van der Waals surface area contributed by atoms with Gasteiger partial charge in [-0.25, -0.2) is 0 Å². The molecule has 1 aliphatic heterocycles. The number of aromatic hydroxyl groups is 1. The zero-order valence-electron chi connectivity index (χ0n) is 18.2. The zero-order valence-corrected chi connectivity index (χ0v) is 18.2. The van der Waals surface area contributed by atoms with Crippen molar-refractivity contribution in [3.63, 3.8) is 0 Å². The zero-order chi connectivity index (χ0) is 24.8. The smallest absolute Gasteiger partial charge is 0.416 e. The van der Waals surface area contributed by atoms with Gasteiger partial charge in [0, 0.05) is 11.3 Å². The Morgan fingerprint density at radius 1 is 0.941 bits per heavy atom. The Bertz CT molecular complexity index is 1330. The molecule has 3 aromatic carbocycles. The average Bonchev–Trinajstić information content (AvgIpc) is 3.05. The molecule has 5 nitrogen and oxygen atoms in total. The van der Waals surface area contributed by atoms with E-state index in [9.17, 15) is 33.0 Å². The van der Waals surface area contributed by atoms with E-state index in [-0.39, 0.29) is 17.0 Å². The molecule has 1 atom stereocenters. The molecule has 0 saturated carbocycles. The third-order valence-corrected chi connectivity index (χ3v) is 5.75. The van der Waals surface area contributed by atoms with Crippen LogP contribution in [0.2, 0.25) is 0 Å². The van der Waals surface area contributed by atoms with Crippen LogP contribution in [0.15, 0.2) is 72.3 Å². The number of carbonyl (C=O) groups is 2. The Labute approximate surface area is 193 Å². The first-order chi connectivity index (χ1) is 16.0. The Morgan fingerprint density at radius 3 is 2.24 bits per heavy atom. The molecule has 0 aromatic heterocycles. The number of alkyl halides is 3. The largest absolute Gasteiger partial charge is 0.508 e. The van der Waals surface area contributed by atoms with Crippen LogP contribution < -0.4 is 4.90 Å². The second-order valence-electron chi connectivity index (χ2n) is 8.13. The molecular weight excluding hydrogens is 447 g/mol. The van der Waals surface area contributed by atoms with Crippen LogP contribution in [0.3, 0.4) is 0 Å². The molecule has 8 heteroatoms. The molecule has 0 radical (unpaired) electrons. The van der Waals surface area contributed by atoms with E-state index >= 15 is 0 Å². The third-order valence-electron chi connectivity index (χ3n) is 5.75. The Kier molecular flexibility index (Phi) is 5.69. The Hall–Kier alpha value is -4.07. The van der Waals surface area contributed by atoms with Crippen LogP contribution in [0.1, 0.15) is 33.9 Å². The maximum Gasteiger partial charge on any atom is 0.416 e. The fourth-order valence-corrected chi connectivity index (χ4v) is 4.06. The summed E-state index contributed by atoms with van der Waals surface area (Å²) in [7, 11) is 0. The molecule has 1 aliphatic rings. The SMILES string of the molecule is Cc1ccc(C)c(/C(O)=C2\C(=O)C(=O)N(c3ccc(C(F)(F)F)cc3)C2c2cccc(O)c2)c1. The number of anilines is 1. The highest BCUT2D eigenvalue weighted by atomic mass is 19.4. The lowest BCUT2D eigenvalue weighted by atomic mass is 9.93.